The molecule has 1 unspecified atom stereocenters. The molecular formula is C12H16N2O4. The van der Waals surface area contributed by atoms with Crippen molar-refractivity contribution in [2.45, 2.75) is 13.0 Å². The summed E-state index contributed by atoms with van der Waals surface area (Å²) in [5.74, 6) is 0. The molecule has 0 saturated carbocycles. The predicted octanol–water partition coefficient (Wildman–Crippen LogP) is 1.88. The Morgan fingerprint density at radius 2 is 2.22 bits per heavy atom. The molecule has 1 atom stereocenters. The summed E-state index contributed by atoms with van der Waals surface area (Å²) >= 11 is 0. The summed E-state index contributed by atoms with van der Waals surface area (Å²) < 4.78 is 5.05. The number of nitrogens with zero attached hydrogens (tertiary/aromatic N) is 2. The number of ether oxygens (including phenoxy) is 1. The Morgan fingerprint density at radius 1 is 1.56 bits per heavy atom. The maximum atomic E-state index is 10.9. The van der Waals surface area contributed by atoms with Gasteiger partial charge < -0.3 is 9.64 Å². The molecule has 0 amide bonds. The number of anilines is 1. The van der Waals surface area contributed by atoms with Gasteiger partial charge in [-0.05, 0) is 19.1 Å². The Balaban J connectivity index is 3.05. The van der Waals surface area contributed by atoms with E-state index in [9.17, 15) is 14.9 Å². The molecule has 0 aliphatic carbocycles. The molecule has 0 aromatic heterocycles. The van der Waals surface area contributed by atoms with E-state index in [1.807, 2.05) is 18.9 Å². The summed E-state index contributed by atoms with van der Waals surface area (Å²) in [6.45, 7) is 2.50. The van der Waals surface area contributed by atoms with Crippen molar-refractivity contribution in [1.29, 1.82) is 0 Å². The van der Waals surface area contributed by atoms with Crippen molar-refractivity contribution in [2.24, 2.45) is 0 Å². The van der Waals surface area contributed by atoms with E-state index in [1.165, 1.54) is 12.1 Å². The molecule has 0 aliphatic heterocycles. The number of carbonyl (C=O) groups is 1. The molecule has 6 nitrogen and oxygen atoms in total. The van der Waals surface area contributed by atoms with Crippen LogP contribution >= 0.6 is 0 Å². The summed E-state index contributed by atoms with van der Waals surface area (Å²) in [4.78, 5) is 22.9. The zero-order chi connectivity index (χ0) is 13.7. The highest BCUT2D eigenvalue weighted by molar-refractivity contribution is 5.83. The van der Waals surface area contributed by atoms with Crippen LogP contribution in [0, 0.1) is 10.1 Å². The molecule has 0 radical (unpaired) electrons. The third-order valence-corrected chi connectivity index (χ3v) is 2.81. The molecule has 1 rings (SSSR count). The number of rotatable bonds is 6. The lowest BCUT2D eigenvalue weighted by molar-refractivity contribution is -0.385. The first-order valence-corrected chi connectivity index (χ1v) is 5.46. The summed E-state index contributed by atoms with van der Waals surface area (Å²) in [6, 6.07) is 4.58. The van der Waals surface area contributed by atoms with E-state index < -0.39 is 4.92 Å². The minimum absolute atomic E-state index is 0.0777. The van der Waals surface area contributed by atoms with Gasteiger partial charge in [-0.3, -0.25) is 14.9 Å². The Bertz CT molecular complexity index is 448. The van der Waals surface area contributed by atoms with E-state index in [0.717, 1.165) is 5.69 Å². The lowest BCUT2D eigenvalue weighted by atomic mass is 10.1. The molecular weight excluding hydrogens is 236 g/mol. The van der Waals surface area contributed by atoms with E-state index in [-0.39, 0.29) is 17.3 Å². The van der Waals surface area contributed by atoms with Gasteiger partial charge in [-0.1, -0.05) is 0 Å². The second-order valence-corrected chi connectivity index (χ2v) is 4.03. The van der Waals surface area contributed by atoms with E-state index in [1.54, 1.807) is 13.2 Å². The van der Waals surface area contributed by atoms with Crippen LogP contribution in [0.4, 0.5) is 11.4 Å². The molecule has 0 fully saturated rings. The topological polar surface area (TPSA) is 72.7 Å². The summed E-state index contributed by atoms with van der Waals surface area (Å²) in [6.07, 6.45) is 0.496. The Kier molecular flexibility index (Phi) is 4.79. The van der Waals surface area contributed by atoms with Crippen LogP contribution in [0.2, 0.25) is 0 Å². The fourth-order valence-electron chi connectivity index (χ4n) is 1.63. The smallest absolute Gasteiger partial charge is 0.280 e. The highest BCUT2D eigenvalue weighted by Gasteiger charge is 2.16. The molecule has 0 N–H and O–H groups in total. The number of hydrogen-bond acceptors (Lipinski definition) is 5. The summed E-state index contributed by atoms with van der Waals surface area (Å²) in [5.41, 5.74) is 0.641. The van der Waals surface area contributed by atoms with Crippen LogP contribution in [0.25, 0.3) is 0 Å². The molecule has 6 heteroatoms. The lowest BCUT2D eigenvalue weighted by Gasteiger charge is -2.26. The molecule has 18 heavy (non-hydrogen) atoms. The van der Waals surface area contributed by atoms with Crippen LogP contribution in [0.15, 0.2) is 18.2 Å². The monoisotopic (exact) mass is 252 g/mol. The average Bonchev–Trinajstić information content (AvgIpc) is 2.37. The van der Waals surface area contributed by atoms with Crippen molar-refractivity contribution in [3.63, 3.8) is 0 Å². The van der Waals surface area contributed by atoms with Gasteiger partial charge in [0.2, 0.25) is 0 Å². The number of likely N-dealkylation sites (N-methyl/N-ethyl adjacent to an activating group) is 1. The standard InChI is InChI=1S/C12H16N2O4/c1-9(8-18-3)13(2)11-4-5-12(14(16)17)10(6-11)7-15/h4-7,9H,8H2,1-3H3. The maximum absolute atomic E-state index is 10.9. The third-order valence-electron chi connectivity index (χ3n) is 2.81. The van der Waals surface area contributed by atoms with Crippen molar-refractivity contribution in [2.75, 3.05) is 25.7 Å². The van der Waals surface area contributed by atoms with E-state index in [4.69, 9.17) is 4.74 Å². The minimum atomic E-state index is -0.563. The lowest BCUT2D eigenvalue weighted by Crippen LogP contribution is -2.32. The van der Waals surface area contributed by atoms with Gasteiger partial charge in [0.1, 0.15) is 0 Å². The van der Waals surface area contributed by atoms with Crippen LogP contribution in [-0.2, 0) is 4.74 Å². The van der Waals surface area contributed by atoms with Crippen LogP contribution in [-0.4, -0.2) is 38.0 Å². The maximum Gasteiger partial charge on any atom is 0.280 e. The molecule has 0 saturated heterocycles. The molecule has 98 valence electrons. The van der Waals surface area contributed by atoms with E-state index in [2.05, 4.69) is 0 Å². The summed E-state index contributed by atoms with van der Waals surface area (Å²) in [7, 11) is 3.45. The zero-order valence-electron chi connectivity index (χ0n) is 10.6. The van der Waals surface area contributed by atoms with Crippen molar-refractivity contribution in [1.82, 2.24) is 0 Å². The first-order chi connectivity index (χ1) is 8.51. The average molecular weight is 252 g/mol. The SMILES string of the molecule is COCC(C)N(C)c1ccc([N+](=O)[O-])c(C=O)c1. The van der Waals surface area contributed by atoms with Gasteiger partial charge in [-0.15, -0.1) is 0 Å². The number of benzene rings is 1. The minimum Gasteiger partial charge on any atom is -0.383 e. The molecule has 0 spiro atoms. The quantitative estimate of drug-likeness (QED) is 0.439. The van der Waals surface area contributed by atoms with Gasteiger partial charge in [0, 0.05) is 32.0 Å². The number of nitro groups is 1. The Labute approximate surface area is 105 Å². The van der Waals surface area contributed by atoms with Crippen molar-refractivity contribution >= 4 is 17.7 Å². The van der Waals surface area contributed by atoms with Crippen LogP contribution in [0.1, 0.15) is 17.3 Å². The first kappa shape index (κ1) is 14.1. The molecule has 0 bridgehead atoms. The van der Waals surface area contributed by atoms with Gasteiger partial charge in [0.05, 0.1) is 17.1 Å². The zero-order valence-corrected chi connectivity index (χ0v) is 10.6. The van der Waals surface area contributed by atoms with Gasteiger partial charge in [0.15, 0.2) is 6.29 Å². The second kappa shape index (κ2) is 6.11. The number of nitro benzene ring substituents is 1. The molecule has 0 aliphatic rings. The van der Waals surface area contributed by atoms with Gasteiger partial charge in [-0.2, -0.15) is 0 Å². The molecule has 1 aromatic rings. The van der Waals surface area contributed by atoms with Crippen LogP contribution in [0.5, 0.6) is 0 Å². The Hall–Kier alpha value is -1.95. The molecule has 1 aromatic carbocycles. The fourth-order valence-corrected chi connectivity index (χ4v) is 1.63. The van der Waals surface area contributed by atoms with Gasteiger partial charge in [-0.25, -0.2) is 0 Å². The number of methoxy groups -OCH3 is 1. The Morgan fingerprint density at radius 3 is 2.72 bits per heavy atom. The third kappa shape index (κ3) is 3.04. The van der Waals surface area contributed by atoms with Crippen molar-refractivity contribution < 1.29 is 14.5 Å². The number of carbonyl (C=O) groups excluding carboxylic acids is 1. The summed E-state index contributed by atoms with van der Waals surface area (Å²) in [5, 5.41) is 10.7. The van der Waals surface area contributed by atoms with E-state index in [0.29, 0.717) is 12.9 Å². The highest BCUT2D eigenvalue weighted by Crippen LogP contribution is 2.24. The first-order valence-electron chi connectivity index (χ1n) is 5.46. The van der Waals surface area contributed by atoms with Gasteiger partial charge in [0.25, 0.3) is 5.69 Å². The van der Waals surface area contributed by atoms with Gasteiger partial charge >= 0.3 is 0 Å². The predicted molar refractivity (Wildman–Crippen MR) is 68.2 cm³/mol. The largest absolute Gasteiger partial charge is 0.383 e. The van der Waals surface area contributed by atoms with E-state index >= 15 is 0 Å². The number of hydrogen-bond donors (Lipinski definition) is 0. The van der Waals surface area contributed by atoms with Crippen LogP contribution in [0.3, 0.4) is 0 Å². The number of aldehydes is 1. The fraction of sp³-hybridized carbons (Fsp3) is 0.417. The highest BCUT2D eigenvalue weighted by atomic mass is 16.6. The van der Waals surface area contributed by atoms with Crippen LogP contribution < -0.4 is 4.90 Å². The van der Waals surface area contributed by atoms with Crippen molar-refractivity contribution in [3.8, 4) is 0 Å². The normalized spacial score (nSPS) is 11.9. The molecule has 0 heterocycles. The second-order valence-electron chi connectivity index (χ2n) is 4.03. The van der Waals surface area contributed by atoms with Crippen molar-refractivity contribution in [3.05, 3.63) is 33.9 Å².